The molecule has 0 aliphatic rings. The number of carbonyl (C=O) groups is 1. The molecule has 0 fully saturated rings. The molecule has 1 heterocycles. The molecule has 10 heteroatoms. The number of nitrogens with one attached hydrogen (secondary N) is 4. The second kappa shape index (κ2) is 9.32. The van der Waals surface area contributed by atoms with Crippen LogP contribution in [0.4, 0.5) is 11.5 Å². The lowest BCUT2D eigenvalue weighted by atomic mass is 10.2. The van der Waals surface area contributed by atoms with Crippen molar-refractivity contribution in [3.63, 3.8) is 0 Å². The van der Waals surface area contributed by atoms with Gasteiger partial charge < -0.3 is 10.2 Å². The second-order valence-corrected chi connectivity index (χ2v) is 5.72. The van der Waals surface area contributed by atoms with Crippen molar-refractivity contribution in [3.05, 3.63) is 50.7 Å². The Hall–Kier alpha value is -3.43. The number of anilines is 2. The Morgan fingerprint density at radius 1 is 1.26 bits per heavy atom. The molecule has 27 heavy (non-hydrogen) atoms. The van der Waals surface area contributed by atoms with Crippen molar-refractivity contribution in [2.45, 2.75) is 26.8 Å². The molecular formula is C17H23N7O3. The molecule has 2 rings (SSSR count). The third-order valence-electron chi connectivity index (χ3n) is 3.87. The number of benzene rings is 1. The summed E-state index contributed by atoms with van der Waals surface area (Å²) in [6.45, 7) is 7.59. The highest BCUT2D eigenvalue weighted by Gasteiger charge is 2.14. The topological polar surface area (TPSA) is 135 Å². The van der Waals surface area contributed by atoms with Gasteiger partial charge in [-0.2, -0.15) is 5.10 Å². The van der Waals surface area contributed by atoms with Crippen molar-refractivity contribution in [2.75, 3.05) is 23.3 Å². The molecule has 4 N–H and O–H groups in total. The third-order valence-corrected chi connectivity index (χ3v) is 3.87. The van der Waals surface area contributed by atoms with Crippen LogP contribution in [0, 0.1) is 0 Å². The van der Waals surface area contributed by atoms with E-state index in [2.05, 4.69) is 44.8 Å². The summed E-state index contributed by atoms with van der Waals surface area (Å²) in [6.07, 6.45) is 1.53. The van der Waals surface area contributed by atoms with E-state index in [-0.39, 0.29) is 5.82 Å². The van der Waals surface area contributed by atoms with Gasteiger partial charge in [0.05, 0.1) is 6.21 Å². The van der Waals surface area contributed by atoms with Gasteiger partial charge in [0.15, 0.2) is 0 Å². The van der Waals surface area contributed by atoms with Gasteiger partial charge in [0.25, 0.3) is 11.5 Å². The smallest absolute Gasteiger partial charge is 0.342 e. The van der Waals surface area contributed by atoms with Gasteiger partial charge >= 0.3 is 5.69 Å². The van der Waals surface area contributed by atoms with Crippen LogP contribution < -0.4 is 26.9 Å². The minimum absolute atomic E-state index is 0.159. The summed E-state index contributed by atoms with van der Waals surface area (Å²) in [5, 5.41) is 12.1. The molecule has 0 aliphatic carbocycles. The fraction of sp³-hybridized carbons (Fsp3) is 0.353. The van der Waals surface area contributed by atoms with E-state index >= 15 is 0 Å². The summed E-state index contributed by atoms with van der Waals surface area (Å²) >= 11 is 0. The summed E-state index contributed by atoms with van der Waals surface area (Å²) in [7, 11) is 0. The summed E-state index contributed by atoms with van der Waals surface area (Å²) < 4.78 is 0. The predicted molar refractivity (Wildman–Crippen MR) is 104 cm³/mol. The molecular weight excluding hydrogens is 350 g/mol. The first kappa shape index (κ1) is 19.9. The van der Waals surface area contributed by atoms with Crippen molar-refractivity contribution >= 4 is 23.6 Å². The number of nitrogens with zero attached hydrogens (tertiary/aromatic N) is 3. The van der Waals surface area contributed by atoms with Gasteiger partial charge in [0, 0.05) is 18.8 Å². The molecule has 0 saturated heterocycles. The van der Waals surface area contributed by atoms with E-state index in [0.717, 1.165) is 24.3 Å². The highest BCUT2D eigenvalue weighted by molar-refractivity contribution is 5.86. The predicted octanol–water partition coefficient (Wildman–Crippen LogP) is 0.255. The number of hydrogen-bond donors (Lipinski definition) is 4. The van der Waals surface area contributed by atoms with E-state index in [1.165, 1.54) is 13.1 Å². The number of aromatic nitrogens is 3. The van der Waals surface area contributed by atoms with Gasteiger partial charge in [0.2, 0.25) is 5.82 Å². The van der Waals surface area contributed by atoms with Crippen LogP contribution in [0.15, 0.2) is 39.0 Å². The Labute approximate surface area is 155 Å². The normalized spacial score (nSPS) is 12.0. The first-order chi connectivity index (χ1) is 12.9. The molecule has 1 aromatic carbocycles. The van der Waals surface area contributed by atoms with Gasteiger partial charge in [0.1, 0.15) is 6.04 Å². The van der Waals surface area contributed by atoms with E-state index in [1.807, 2.05) is 29.2 Å². The Morgan fingerprint density at radius 3 is 2.52 bits per heavy atom. The maximum absolute atomic E-state index is 12.0. The highest BCUT2D eigenvalue weighted by atomic mass is 16.2. The summed E-state index contributed by atoms with van der Waals surface area (Å²) in [6, 6.07) is 7.03. The molecule has 2 aromatic rings. The van der Waals surface area contributed by atoms with Gasteiger partial charge in [-0.1, -0.05) is 12.1 Å². The van der Waals surface area contributed by atoms with Gasteiger partial charge in [-0.3, -0.25) is 14.6 Å². The summed E-state index contributed by atoms with van der Waals surface area (Å²) in [4.78, 5) is 38.7. The molecule has 1 amide bonds. The fourth-order valence-corrected chi connectivity index (χ4v) is 2.34. The number of H-pyrrole nitrogens is 2. The summed E-state index contributed by atoms with van der Waals surface area (Å²) in [5.41, 5.74) is 2.91. The van der Waals surface area contributed by atoms with Crippen molar-refractivity contribution in [3.8, 4) is 0 Å². The standard InChI is InChI=1S/C17H23N7O3/c1-4-24(5-2)13-8-6-12(7-9-13)10-18-22-15(25)11(3)19-14-16(26)20-17(27)23-21-14/h6-11H,4-5H2,1-3H3,(H,19,21)(H,22,25)(H2,20,23,26,27)/b18-10-/t11-/m1/s1. The van der Waals surface area contributed by atoms with Gasteiger partial charge in [-0.15, -0.1) is 5.10 Å². The molecule has 0 aliphatic heterocycles. The largest absolute Gasteiger partial charge is 0.372 e. The molecule has 0 radical (unpaired) electrons. The second-order valence-electron chi connectivity index (χ2n) is 5.72. The van der Waals surface area contributed by atoms with Crippen LogP contribution in [0.25, 0.3) is 0 Å². The van der Waals surface area contributed by atoms with E-state index in [1.54, 1.807) is 0 Å². The van der Waals surface area contributed by atoms with Crippen LogP contribution in [-0.2, 0) is 4.79 Å². The van der Waals surface area contributed by atoms with Crippen molar-refractivity contribution in [2.24, 2.45) is 5.10 Å². The molecule has 0 saturated carbocycles. The van der Waals surface area contributed by atoms with E-state index < -0.39 is 23.2 Å². The summed E-state index contributed by atoms with van der Waals surface area (Å²) in [5.74, 6) is -0.619. The molecule has 144 valence electrons. The Bertz CT molecular complexity index is 898. The monoisotopic (exact) mass is 373 g/mol. The van der Waals surface area contributed by atoms with Gasteiger partial charge in [-0.25, -0.2) is 15.3 Å². The SMILES string of the molecule is CCN(CC)c1ccc(/C=N\NC(=O)[C@@H](C)Nc2n[nH]c(=O)[nH]c2=O)cc1. The maximum Gasteiger partial charge on any atom is 0.342 e. The lowest BCUT2D eigenvalue weighted by Gasteiger charge is -2.20. The quantitative estimate of drug-likeness (QED) is 0.387. The average Bonchev–Trinajstić information content (AvgIpc) is 2.66. The van der Waals surface area contributed by atoms with Crippen molar-refractivity contribution in [1.82, 2.24) is 20.6 Å². The minimum Gasteiger partial charge on any atom is -0.372 e. The van der Waals surface area contributed by atoms with Crippen LogP contribution in [0.2, 0.25) is 0 Å². The lowest BCUT2D eigenvalue weighted by molar-refractivity contribution is -0.121. The van der Waals surface area contributed by atoms with Crippen LogP contribution in [-0.4, -0.2) is 46.4 Å². The van der Waals surface area contributed by atoms with E-state index in [9.17, 15) is 14.4 Å². The van der Waals surface area contributed by atoms with E-state index in [0.29, 0.717) is 0 Å². The number of carbonyl (C=O) groups excluding carboxylic acids is 1. The van der Waals surface area contributed by atoms with Crippen LogP contribution in [0.1, 0.15) is 26.3 Å². The number of hydrogen-bond acceptors (Lipinski definition) is 7. The number of rotatable bonds is 8. The van der Waals surface area contributed by atoms with Crippen molar-refractivity contribution in [1.29, 1.82) is 0 Å². The Morgan fingerprint density at radius 2 is 1.93 bits per heavy atom. The first-order valence-electron chi connectivity index (χ1n) is 8.58. The number of hydrazone groups is 1. The number of aromatic amines is 2. The maximum atomic E-state index is 12.0. The lowest BCUT2D eigenvalue weighted by Crippen LogP contribution is -2.38. The van der Waals surface area contributed by atoms with E-state index in [4.69, 9.17) is 0 Å². The molecule has 1 atom stereocenters. The third kappa shape index (κ3) is 5.53. The highest BCUT2D eigenvalue weighted by Crippen LogP contribution is 2.13. The molecule has 0 unspecified atom stereocenters. The fourth-order valence-electron chi connectivity index (χ4n) is 2.34. The molecule has 0 bridgehead atoms. The minimum atomic E-state index is -0.785. The van der Waals surface area contributed by atoms with Crippen LogP contribution >= 0.6 is 0 Å². The molecule has 1 aromatic heterocycles. The van der Waals surface area contributed by atoms with Crippen LogP contribution in [0.3, 0.4) is 0 Å². The zero-order chi connectivity index (χ0) is 19.8. The van der Waals surface area contributed by atoms with Crippen molar-refractivity contribution < 1.29 is 4.79 Å². The first-order valence-corrected chi connectivity index (χ1v) is 8.58. The Balaban J connectivity index is 1.92. The molecule has 0 spiro atoms. The van der Waals surface area contributed by atoms with Crippen LogP contribution in [0.5, 0.6) is 0 Å². The molecule has 10 nitrogen and oxygen atoms in total. The Kier molecular flexibility index (Phi) is 6.86. The zero-order valence-corrected chi connectivity index (χ0v) is 15.4. The zero-order valence-electron chi connectivity index (χ0n) is 15.4. The number of amides is 1. The average molecular weight is 373 g/mol. The van der Waals surface area contributed by atoms with Gasteiger partial charge in [-0.05, 0) is 38.5 Å².